The third kappa shape index (κ3) is 5.28. The highest BCUT2D eigenvalue weighted by Gasteiger charge is 2.05. The van der Waals surface area contributed by atoms with Gasteiger partial charge in [-0.3, -0.25) is 0 Å². The van der Waals surface area contributed by atoms with E-state index in [4.69, 9.17) is 11.6 Å². The Balaban J connectivity index is 1.60. The van der Waals surface area contributed by atoms with Crippen LogP contribution in [0.25, 0.3) is 11.3 Å². The Morgan fingerprint density at radius 3 is 2.60 bits per heavy atom. The van der Waals surface area contributed by atoms with Gasteiger partial charge in [-0.15, -0.1) is 11.3 Å². The van der Waals surface area contributed by atoms with E-state index in [-0.39, 0.29) is 0 Å². The molecule has 0 saturated heterocycles. The third-order valence-corrected chi connectivity index (χ3v) is 5.03. The number of aryl methyl sites for hydroxylation is 1. The molecule has 0 aliphatic rings. The van der Waals surface area contributed by atoms with E-state index in [0.29, 0.717) is 5.15 Å². The Bertz CT molecular complexity index is 781. The molecule has 1 aromatic carbocycles. The second kappa shape index (κ2) is 8.97. The first kappa shape index (κ1) is 17.9. The van der Waals surface area contributed by atoms with E-state index in [9.17, 15) is 0 Å². The predicted octanol–water partition coefficient (Wildman–Crippen LogP) is 6.72. The molecule has 5 heteroatoms. The lowest BCUT2D eigenvalue weighted by atomic mass is 10.0. The fraction of sp³-hybridized carbons (Fsp3) is 0.300. The minimum Gasteiger partial charge on any atom is -0.330 e. The molecule has 0 saturated carbocycles. The summed E-state index contributed by atoms with van der Waals surface area (Å²) in [5.74, 6) is 0. The molecule has 3 aromatic rings. The Hall–Kier alpha value is -1.91. The number of nitrogens with one attached hydrogen (secondary N) is 1. The molecule has 0 amide bonds. The second-order valence-electron chi connectivity index (χ2n) is 6.04. The molecule has 0 spiro atoms. The van der Waals surface area contributed by atoms with Crippen LogP contribution in [0.4, 0.5) is 10.8 Å². The van der Waals surface area contributed by atoms with Crippen molar-refractivity contribution in [2.75, 3.05) is 5.32 Å². The summed E-state index contributed by atoms with van der Waals surface area (Å²) in [7, 11) is 0. The summed E-state index contributed by atoms with van der Waals surface area (Å²) in [6.45, 7) is 2.25. The molecule has 0 aliphatic heterocycles. The minimum atomic E-state index is 0.486. The number of unbranched alkanes of at least 4 members (excludes halogenated alkanes) is 3. The van der Waals surface area contributed by atoms with Crippen molar-refractivity contribution in [3.05, 3.63) is 58.7 Å². The molecule has 0 aliphatic carbocycles. The number of benzene rings is 1. The number of nitrogens with zero attached hydrogens (tertiary/aromatic N) is 2. The topological polar surface area (TPSA) is 37.8 Å². The largest absolute Gasteiger partial charge is 0.330 e. The molecule has 25 heavy (non-hydrogen) atoms. The van der Waals surface area contributed by atoms with Gasteiger partial charge in [0, 0.05) is 10.9 Å². The van der Waals surface area contributed by atoms with Gasteiger partial charge in [-0.05, 0) is 30.5 Å². The number of thiazole rings is 1. The normalized spacial score (nSPS) is 10.8. The van der Waals surface area contributed by atoms with Gasteiger partial charge in [0.1, 0.15) is 5.15 Å². The van der Waals surface area contributed by atoms with Crippen LogP contribution in [-0.4, -0.2) is 9.97 Å². The first-order valence-electron chi connectivity index (χ1n) is 8.68. The SMILES string of the molecule is CCCCCCc1ccc(-c2csc(Nc3ccc(Cl)nc3)n2)cc1. The monoisotopic (exact) mass is 371 g/mol. The van der Waals surface area contributed by atoms with Crippen LogP contribution in [0.2, 0.25) is 5.15 Å². The van der Waals surface area contributed by atoms with Crippen molar-refractivity contribution in [3.63, 3.8) is 0 Å². The summed E-state index contributed by atoms with van der Waals surface area (Å²) in [6.07, 6.45) is 8.07. The maximum Gasteiger partial charge on any atom is 0.187 e. The van der Waals surface area contributed by atoms with Crippen LogP contribution in [0.5, 0.6) is 0 Å². The van der Waals surface area contributed by atoms with E-state index in [0.717, 1.165) is 28.5 Å². The highest BCUT2D eigenvalue weighted by atomic mass is 35.5. The smallest absolute Gasteiger partial charge is 0.187 e. The molecule has 2 aromatic heterocycles. The van der Waals surface area contributed by atoms with E-state index in [1.165, 1.54) is 31.2 Å². The maximum absolute atomic E-state index is 5.81. The predicted molar refractivity (Wildman–Crippen MR) is 108 cm³/mol. The van der Waals surface area contributed by atoms with Crippen LogP contribution in [0.3, 0.4) is 0 Å². The number of anilines is 2. The minimum absolute atomic E-state index is 0.486. The molecule has 3 nitrogen and oxygen atoms in total. The van der Waals surface area contributed by atoms with Crippen molar-refractivity contribution >= 4 is 33.8 Å². The van der Waals surface area contributed by atoms with Crippen molar-refractivity contribution in [3.8, 4) is 11.3 Å². The highest BCUT2D eigenvalue weighted by Crippen LogP contribution is 2.27. The fourth-order valence-electron chi connectivity index (χ4n) is 2.64. The van der Waals surface area contributed by atoms with Gasteiger partial charge in [-0.2, -0.15) is 0 Å². The number of aromatic nitrogens is 2. The molecular formula is C20H22ClN3S. The van der Waals surface area contributed by atoms with E-state index in [2.05, 4.69) is 51.9 Å². The lowest BCUT2D eigenvalue weighted by Crippen LogP contribution is -1.90. The summed E-state index contributed by atoms with van der Waals surface area (Å²) in [5, 5.41) is 6.67. The number of hydrogen-bond acceptors (Lipinski definition) is 4. The molecule has 3 rings (SSSR count). The van der Waals surface area contributed by atoms with Crippen LogP contribution in [0, 0.1) is 0 Å². The van der Waals surface area contributed by atoms with Crippen LogP contribution < -0.4 is 5.32 Å². The fourth-order valence-corrected chi connectivity index (χ4v) is 3.49. The van der Waals surface area contributed by atoms with Gasteiger partial charge in [0.05, 0.1) is 17.6 Å². The zero-order valence-electron chi connectivity index (χ0n) is 14.3. The summed E-state index contributed by atoms with van der Waals surface area (Å²) in [4.78, 5) is 8.73. The summed E-state index contributed by atoms with van der Waals surface area (Å²) in [6, 6.07) is 12.4. The number of hydrogen-bond donors (Lipinski definition) is 1. The number of pyridine rings is 1. The van der Waals surface area contributed by atoms with Crippen LogP contribution in [-0.2, 0) is 6.42 Å². The maximum atomic E-state index is 5.81. The number of rotatable bonds is 8. The van der Waals surface area contributed by atoms with E-state index < -0.39 is 0 Å². The van der Waals surface area contributed by atoms with Gasteiger partial charge < -0.3 is 5.32 Å². The lowest BCUT2D eigenvalue weighted by molar-refractivity contribution is 0.667. The van der Waals surface area contributed by atoms with Gasteiger partial charge in [-0.1, -0.05) is 62.1 Å². The van der Waals surface area contributed by atoms with Crippen molar-refractivity contribution in [1.29, 1.82) is 0 Å². The van der Waals surface area contributed by atoms with E-state index in [1.54, 1.807) is 23.6 Å². The zero-order chi connectivity index (χ0) is 17.5. The van der Waals surface area contributed by atoms with Crippen molar-refractivity contribution < 1.29 is 0 Å². The average molecular weight is 372 g/mol. The van der Waals surface area contributed by atoms with Gasteiger partial charge in [0.15, 0.2) is 5.13 Å². The molecular weight excluding hydrogens is 350 g/mol. The Morgan fingerprint density at radius 1 is 1.04 bits per heavy atom. The third-order valence-electron chi connectivity index (χ3n) is 4.05. The second-order valence-corrected chi connectivity index (χ2v) is 7.29. The number of halogens is 1. The van der Waals surface area contributed by atoms with Crippen molar-refractivity contribution in [2.45, 2.75) is 39.0 Å². The zero-order valence-corrected chi connectivity index (χ0v) is 15.9. The molecule has 0 unspecified atom stereocenters. The van der Waals surface area contributed by atoms with Crippen molar-refractivity contribution in [2.24, 2.45) is 0 Å². The van der Waals surface area contributed by atoms with Gasteiger partial charge in [0.2, 0.25) is 0 Å². The Morgan fingerprint density at radius 2 is 1.88 bits per heavy atom. The summed E-state index contributed by atoms with van der Waals surface area (Å²) < 4.78 is 0. The molecule has 0 bridgehead atoms. The molecule has 0 fully saturated rings. The lowest BCUT2D eigenvalue weighted by Gasteiger charge is -2.03. The molecule has 0 radical (unpaired) electrons. The average Bonchev–Trinajstić information content (AvgIpc) is 3.10. The first-order chi connectivity index (χ1) is 12.2. The quantitative estimate of drug-likeness (QED) is 0.352. The highest BCUT2D eigenvalue weighted by molar-refractivity contribution is 7.14. The Labute approximate surface area is 158 Å². The molecule has 0 atom stereocenters. The molecule has 130 valence electrons. The van der Waals surface area contributed by atoms with Crippen molar-refractivity contribution in [1.82, 2.24) is 9.97 Å². The molecule has 1 N–H and O–H groups in total. The summed E-state index contributed by atoms with van der Waals surface area (Å²) in [5.41, 5.74) is 4.43. The van der Waals surface area contributed by atoms with Gasteiger partial charge in [-0.25, -0.2) is 9.97 Å². The van der Waals surface area contributed by atoms with Gasteiger partial charge >= 0.3 is 0 Å². The standard InChI is InChI=1S/C20H22ClN3S/c1-2-3-4-5-6-15-7-9-16(10-8-15)18-14-25-20(24-18)23-17-11-12-19(21)22-13-17/h7-14H,2-6H2,1H3,(H,23,24). The Kier molecular flexibility index (Phi) is 6.42. The van der Waals surface area contributed by atoms with Crippen LogP contribution >= 0.6 is 22.9 Å². The summed E-state index contributed by atoms with van der Waals surface area (Å²) >= 11 is 7.39. The first-order valence-corrected chi connectivity index (χ1v) is 9.94. The van der Waals surface area contributed by atoms with E-state index >= 15 is 0 Å². The van der Waals surface area contributed by atoms with Crippen LogP contribution in [0.15, 0.2) is 48.0 Å². The van der Waals surface area contributed by atoms with E-state index in [1.807, 2.05) is 6.07 Å². The molecule has 2 heterocycles. The van der Waals surface area contributed by atoms with Gasteiger partial charge in [0.25, 0.3) is 0 Å². The van der Waals surface area contributed by atoms with Crippen LogP contribution in [0.1, 0.15) is 38.2 Å².